The Labute approximate surface area is 221 Å². The maximum absolute atomic E-state index is 13.2. The molecule has 0 bridgehead atoms. The molecule has 4 rings (SSSR count). The van der Waals surface area contributed by atoms with Crippen molar-refractivity contribution in [1.29, 1.82) is 0 Å². The van der Waals surface area contributed by atoms with E-state index in [1.165, 1.54) is 11.8 Å². The molecule has 1 fully saturated rings. The zero-order valence-corrected chi connectivity index (χ0v) is 21.9. The minimum atomic E-state index is -0.589. The molecule has 0 spiro atoms. The standard InChI is InChI=1S/C29H31N3O4S/c1-3-19-36-25-15-11-22(12-16-25)30-28(34)26-20-27(33)32(18-17-21-7-5-4-6-8-21)29(37-26)31-23-9-13-24(35-2)14-10-23/h4-16,26H,3,17-20H2,1-2H3,(H,30,34). The molecule has 192 valence electrons. The molecule has 1 N–H and O–H groups in total. The molecule has 1 aliphatic heterocycles. The van der Waals surface area contributed by atoms with Gasteiger partial charge >= 0.3 is 0 Å². The Balaban J connectivity index is 1.50. The number of rotatable bonds is 10. The number of methoxy groups -OCH3 is 1. The number of thioether (sulfide) groups is 1. The summed E-state index contributed by atoms with van der Waals surface area (Å²) in [5.41, 5.74) is 2.47. The predicted molar refractivity (Wildman–Crippen MR) is 149 cm³/mol. The average Bonchev–Trinajstić information content (AvgIpc) is 2.93. The normalized spacial score (nSPS) is 16.5. The molecule has 7 nitrogen and oxygen atoms in total. The van der Waals surface area contributed by atoms with Gasteiger partial charge in [0.1, 0.15) is 16.7 Å². The van der Waals surface area contributed by atoms with Gasteiger partial charge < -0.3 is 14.8 Å². The third-order valence-electron chi connectivity index (χ3n) is 5.79. The Hall–Kier alpha value is -3.78. The number of amidine groups is 1. The Bertz CT molecular complexity index is 1210. The SMILES string of the molecule is CCCOc1ccc(NC(=O)C2CC(=O)N(CCc3ccccc3)C(=Nc3ccc(OC)cc3)S2)cc1. The van der Waals surface area contributed by atoms with Crippen molar-refractivity contribution in [2.45, 2.75) is 31.4 Å². The maximum Gasteiger partial charge on any atom is 0.238 e. The highest BCUT2D eigenvalue weighted by Gasteiger charge is 2.35. The van der Waals surface area contributed by atoms with Crippen LogP contribution < -0.4 is 14.8 Å². The predicted octanol–water partition coefficient (Wildman–Crippen LogP) is 5.69. The largest absolute Gasteiger partial charge is 0.497 e. The van der Waals surface area contributed by atoms with Crippen LogP contribution in [0.5, 0.6) is 11.5 Å². The molecule has 3 aromatic rings. The molecule has 0 radical (unpaired) electrons. The van der Waals surface area contributed by atoms with E-state index in [0.717, 1.165) is 23.5 Å². The van der Waals surface area contributed by atoms with E-state index in [1.54, 1.807) is 24.1 Å². The zero-order valence-electron chi connectivity index (χ0n) is 21.1. The summed E-state index contributed by atoms with van der Waals surface area (Å²) >= 11 is 1.31. The smallest absolute Gasteiger partial charge is 0.238 e. The number of benzene rings is 3. The van der Waals surface area contributed by atoms with Crippen LogP contribution >= 0.6 is 11.8 Å². The summed E-state index contributed by atoms with van der Waals surface area (Å²) in [6.45, 7) is 3.18. The number of nitrogens with zero attached hydrogens (tertiary/aromatic N) is 2. The van der Waals surface area contributed by atoms with Gasteiger partial charge in [0.15, 0.2) is 5.17 Å². The van der Waals surface area contributed by atoms with Crippen LogP contribution in [0.15, 0.2) is 83.9 Å². The molecule has 0 aliphatic carbocycles. The van der Waals surface area contributed by atoms with Gasteiger partial charge in [-0.1, -0.05) is 49.0 Å². The molecule has 3 aromatic carbocycles. The van der Waals surface area contributed by atoms with Crippen LogP contribution in [-0.2, 0) is 16.0 Å². The second-order valence-electron chi connectivity index (χ2n) is 8.55. The lowest BCUT2D eigenvalue weighted by atomic mass is 10.1. The second-order valence-corrected chi connectivity index (χ2v) is 9.72. The van der Waals surface area contributed by atoms with Crippen LogP contribution in [0.25, 0.3) is 0 Å². The van der Waals surface area contributed by atoms with Crippen molar-refractivity contribution >= 4 is 40.1 Å². The summed E-state index contributed by atoms with van der Waals surface area (Å²) in [5.74, 6) is 1.13. The van der Waals surface area contributed by atoms with Gasteiger partial charge in [-0.3, -0.25) is 14.5 Å². The van der Waals surface area contributed by atoms with Crippen LogP contribution in [0.3, 0.4) is 0 Å². The fourth-order valence-corrected chi connectivity index (χ4v) is 4.92. The van der Waals surface area contributed by atoms with E-state index in [4.69, 9.17) is 14.5 Å². The topological polar surface area (TPSA) is 80.2 Å². The van der Waals surface area contributed by atoms with Gasteiger partial charge in [0.05, 0.1) is 19.4 Å². The van der Waals surface area contributed by atoms with Gasteiger partial charge in [0, 0.05) is 18.7 Å². The molecule has 1 aliphatic rings. The Morgan fingerprint density at radius 1 is 1.03 bits per heavy atom. The summed E-state index contributed by atoms with van der Waals surface area (Å²) in [6, 6.07) is 24.6. The van der Waals surface area contributed by atoms with Gasteiger partial charge in [-0.25, -0.2) is 4.99 Å². The van der Waals surface area contributed by atoms with Crippen LogP contribution in [-0.4, -0.2) is 47.4 Å². The Morgan fingerprint density at radius 2 is 1.73 bits per heavy atom. The highest BCUT2D eigenvalue weighted by molar-refractivity contribution is 8.15. The van der Waals surface area contributed by atoms with Crippen LogP contribution in [0.4, 0.5) is 11.4 Å². The van der Waals surface area contributed by atoms with Gasteiger partial charge in [-0.15, -0.1) is 0 Å². The molecule has 1 saturated heterocycles. The quantitative estimate of drug-likeness (QED) is 0.374. The van der Waals surface area contributed by atoms with Gasteiger partial charge in [-0.2, -0.15) is 0 Å². The lowest BCUT2D eigenvalue weighted by Gasteiger charge is -2.32. The first-order chi connectivity index (χ1) is 18.1. The lowest BCUT2D eigenvalue weighted by Crippen LogP contribution is -2.46. The van der Waals surface area contributed by atoms with Crippen molar-refractivity contribution in [1.82, 2.24) is 4.90 Å². The van der Waals surface area contributed by atoms with E-state index in [1.807, 2.05) is 73.7 Å². The number of anilines is 1. The second kappa shape index (κ2) is 13.0. The molecule has 8 heteroatoms. The fourth-order valence-electron chi connectivity index (χ4n) is 3.79. The number of nitrogens with one attached hydrogen (secondary N) is 1. The van der Waals surface area contributed by atoms with Crippen molar-refractivity contribution in [3.8, 4) is 11.5 Å². The monoisotopic (exact) mass is 517 g/mol. The fraction of sp³-hybridized carbons (Fsp3) is 0.276. The first-order valence-corrected chi connectivity index (χ1v) is 13.2. The van der Waals surface area contributed by atoms with Gasteiger partial charge in [0.25, 0.3) is 0 Å². The van der Waals surface area contributed by atoms with Crippen molar-refractivity contribution in [2.75, 3.05) is 25.6 Å². The minimum absolute atomic E-state index is 0.102. The Kier molecular flexibility index (Phi) is 9.21. The maximum atomic E-state index is 13.2. The first-order valence-electron chi connectivity index (χ1n) is 12.3. The summed E-state index contributed by atoms with van der Waals surface area (Å²) in [4.78, 5) is 32.8. The molecular formula is C29H31N3O4S. The third-order valence-corrected chi connectivity index (χ3v) is 6.98. The molecule has 2 amide bonds. The lowest BCUT2D eigenvalue weighted by molar-refractivity contribution is -0.129. The van der Waals surface area contributed by atoms with Crippen molar-refractivity contribution in [3.05, 3.63) is 84.4 Å². The van der Waals surface area contributed by atoms with Gasteiger partial charge in [0.2, 0.25) is 11.8 Å². The van der Waals surface area contributed by atoms with Crippen LogP contribution in [0, 0.1) is 0 Å². The van der Waals surface area contributed by atoms with Crippen LogP contribution in [0.1, 0.15) is 25.3 Å². The highest BCUT2D eigenvalue weighted by Crippen LogP contribution is 2.31. The Morgan fingerprint density at radius 3 is 2.41 bits per heavy atom. The number of hydrogen-bond donors (Lipinski definition) is 1. The molecule has 1 unspecified atom stereocenters. The van der Waals surface area contributed by atoms with E-state index in [-0.39, 0.29) is 18.2 Å². The number of carbonyl (C=O) groups is 2. The van der Waals surface area contributed by atoms with Crippen molar-refractivity contribution < 1.29 is 19.1 Å². The van der Waals surface area contributed by atoms with E-state index < -0.39 is 5.25 Å². The van der Waals surface area contributed by atoms with Crippen molar-refractivity contribution in [3.63, 3.8) is 0 Å². The van der Waals surface area contributed by atoms with Crippen LogP contribution in [0.2, 0.25) is 0 Å². The molecule has 0 aromatic heterocycles. The molecular weight excluding hydrogens is 486 g/mol. The molecule has 1 heterocycles. The van der Waals surface area contributed by atoms with E-state index in [9.17, 15) is 9.59 Å². The van der Waals surface area contributed by atoms with E-state index >= 15 is 0 Å². The number of hydrogen-bond acceptors (Lipinski definition) is 6. The number of amides is 2. The first kappa shape index (κ1) is 26.3. The summed E-state index contributed by atoms with van der Waals surface area (Å²) in [7, 11) is 1.61. The van der Waals surface area contributed by atoms with E-state index in [2.05, 4.69) is 5.32 Å². The molecule has 0 saturated carbocycles. The summed E-state index contributed by atoms with van der Waals surface area (Å²) in [5, 5.41) is 2.86. The molecule has 37 heavy (non-hydrogen) atoms. The summed E-state index contributed by atoms with van der Waals surface area (Å²) < 4.78 is 10.8. The molecule has 1 atom stereocenters. The van der Waals surface area contributed by atoms with Crippen molar-refractivity contribution in [2.24, 2.45) is 4.99 Å². The highest BCUT2D eigenvalue weighted by atomic mass is 32.2. The van der Waals surface area contributed by atoms with Gasteiger partial charge in [-0.05, 0) is 66.9 Å². The number of ether oxygens (including phenoxy) is 2. The average molecular weight is 518 g/mol. The minimum Gasteiger partial charge on any atom is -0.497 e. The number of carbonyl (C=O) groups excluding carboxylic acids is 2. The number of aliphatic imine (C=N–C) groups is 1. The zero-order chi connectivity index (χ0) is 26.0. The third kappa shape index (κ3) is 7.36. The van der Waals surface area contributed by atoms with E-state index in [0.29, 0.717) is 36.1 Å². The summed E-state index contributed by atoms with van der Waals surface area (Å²) in [6.07, 6.45) is 1.72.